The normalized spacial score (nSPS) is 10.7. The van der Waals surface area contributed by atoms with Crippen LogP contribution >= 0.6 is 0 Å². The van der Waals surface area contributed by atoms with Crippen molar-refractivity contribution in [2.24, 2.45) is 0 Å². The van der Waals surface area contributed by atoms with Crippen molar-refractivity contribution in [1.82, 2.24) is 9.55 Å². The molecule has 0 fully saturated rings. The first-order valence-electron chi connectivity index (χ1n) is 8.63. The maximum atomic E-state index is 13.6. The number of hydrogen-bond donors (Lipinski definition) is 0. The van der Waals surface area contributed by atoms with E-state index in [-0.39, 0.29) is 10.8 Å². The molecule has 0 aliphatic heterocycles. The second-order valence-corrected chi connectivity index (χ2v) is 8.01. The zero-order chi connectivity index (χ0) is 23.2. The van der Waals surface area contributed by atoms with Gasteiger partial charge >= 0.3 is 0 Å². The third-order valence-electron chi connectivity index (χ3n) is 3.24. The van der Waals surface area contributed by atoms with Gasteiger partial charge in [-0.05, 0) is 45.0 Å². The second kappa shape index (κ2) is 14.6. The minimum Gasteiger partial charge on any atom is -0.300 e. The fourth-order valence-corrected chi connectivity index (χ4v) is 2.95. The number of alkyl halides is 2. The number of sulfone groups is 1. The number of benzene rings is 1. The number of halogens is 3. The van der Waals surface area contributed by atoms with Crippen LogP contribution < -0.4 is 0 Å². The summed E-state index contributed by atoms with van der Waals surface area (Å²) >= 11 is 0. The Morgan fingerprint density at radius 2 is 1.59 bits per heavy atom. The van der Waals surface area contributed by atoms with Crippen LogP contribution in [-0.4, -0.2) is 38.6 Å². The number of allylic oxidation sites excluding steroid dienone is 3. The van der Waals surface area contributed by atoms with E-state index in [0.717, 1.165) is 11.8 Å². The van der Waals surface area contributed by atoms with E-state index >= 15 is 0 Å². The van der Waals surface area contributed by atoms with Crippen molar-refractivity contribution in [2.75, 3.05) is 20.6 Å². The lowest BCUT2D eigenvalue weighted by molar-refractivity contribution is 0.585. The predicted octanol–water partition coefficient (Wildman–Crippen LogP) is 5.85. The monoisotopic (exact) mass is 432 g/mol. The van der Waals surface area contributed by atoms with Crippen molar-refractivity contribution < 1.29 is 21.6 Å². The number of nitrogens with zero attached hydrogens (tertiary/aromatic N) is 2. The molecule has 8 heteroatoms. The summed E-state index contributed by atoms with van der Waals surface area (Å²) in [5.41, 5.74) is 1.79. The number of imidazole rings is 1. The Bertz CT molecular complexity index is 855. The van der Waals surface area contributed by atoms with Gasteiger partial charge in [-0.2, -0.15) is 4.39 Å². The van der Waals surface area contributed by atoms with Gasteiger partial charge in [0, 0.05) is 17.9 Å². The van der Waals surface area contributed by atoms with E-state index in [4.69, 9.17) is 0 Å². The average Bonchev–Trinajstić information content (AvgIpc) is 3.06. The summed E-state index contributed by atoms with van der Waals surface area (Å²) < 4.78 is 57.2. The van der Waals surface area contributed by atoms with Crippen LogP contribution in [0.1, 0.15) is 39.4 Å². The Labute approximate surface area is 172 Å². The highest BCUT2D eigenvalue weighted by Crippen LogP contribution is 2.22. The topological polar surface area (TPSA) is 52.0 Å². The highest BCUT2D eigenvalue weighted by molar-refractivity contribution is 7.90. The first-order valence-corrected chi connectivity index (χ1v) is 10.5. The third-order valence-corrected chi connectivity index (χ3v) is 4.37. The first kappa shape index (κ1) is 28.9. The minimum atomic E-state index is -3.25. The quantitative estimate of drug-likeness (QED) is 0.570. The van der Waals surface area contributed by atoms with E-state index < -0.39 is 15.8 Å². The molecule has 0 aliphatic carbocycles. The van der Waals surface area contributed by atoms with Crippen molar-refractivity contribution in [3.8, 4) is 5.69 Å². The molecule has 0 spiro atoms. The SMILES string of the molecule is C=CC.CC(C)=CC(C)c1nc(F)cn1-c1ccc(S(C)(=O)=O)cc1.CF.CF. The molecular weight excluding hydrogens is 401 g/mol. The highest BCUT2D eigenvalue weighted by Gasteiger charge is 2.15. The van der Waals surface area contributed by atoms with Gasteiger partial charge in [0.1, 0.15) is 5.82 Å². The van der Waals surface area contributed by atoms with E-state index in [1.165, 1.54) is 18.3 Å². The van der Waals surface area contributed by atoms with Gasteiger partial charge in [0.05, 0.1) is 25.4 Å². The summed E-state index contributed by atoms with van der Waals surface area (Å²) in [5, 5.41) is 0. The molecule has 0 saturated carbocycles. The van der Waals surface area contributed by atoms with Gasteiger partial charge in [-0.25, -0.2) is 13.4 Å². The Morgan fingerprint density at radius 1 is 1.14 bits per heavy atom. The molecule has 2 aromatic rings. The molecule has 4 nitrogen and oxygen atoms in total. The maximum absolute atomic E-state index is 13.6. The minimum absolute atomic E-state index is 0.0518. The van der Waals surface area contributed by atoms with Crippen LogP contribution in [0.4, 0.5) is 13.2 Å². The molecule has 1 heterocycles. The molecule has 0 amide bonds. The summed E-state index contributed by atoms with van der Waals surface area (Å²) in [6.07, 6.45) is 6.21. The second-order valence-electron chi connectivity index (χ2n) is 6.00. The van der Waals surface area contributed by atoms with E-state index in [1.54, 1.807) is 22.8 Å². The summed E-state index contributed by atoms with van der Waals surface area (Å²) in [6.45, 7) is 11.1. The molecule has 164 valence electrons. The lowest BCUT2D eigenvalue weighted by Gasteiger charge is -2.12. The summed E-state index contributed by atoms with van der Waals surface area (Å²) in [4.78, 5) is 4.18. The van der Waals surface area contributed by atoms with Crippen molar-refractivity contribution in [1.29, 1.82) is 0 Å². The molecule has 2 rings (SSSR count). The Hall–Kier alpha value is -2.35. The molecule has 1 unspecified atom stereocenters. The first-order chi connectivity index (χ1) is 13.6. The molecule has 0 saturated heterocycles. The van der Waals surface area contributed by atoms with Crippen LogP contribution in [0.15, 0.2) is 59.7 Å². The maximum Gasteiger partial charge on any atom is 0.231 e. The van der Waals surface area contributed by atoms with Crippen molar-refractivity contribution in [2.45, 2.75) is 38.5 Å². The summed E-state index contributed by atoms with van der Waals surface area (Å²) in [7, 11) is -2.25. The Morgan fingerprint density at radius 3 is 1.97 bits per heavy atom. The van der Waals surface area contributed by atoms with Crippen molar-refractivity contribution >= 4 is 9.84 Å². The van der Waals surface area contributed by atoms with Crippen molar-refractivity contribution in [3.63, 3.8) is 0 Å². The van der Waals surface area contributed by atoms with Crippen LogP contribution in [0.5, 0.6) is 0 Å². The van der Waals surface area contributed by atoms with Crippen LogP contribution in [0.25, 0.3) is 5.69 Å². The van der Waals surface area contributed by atoms with E-state index in [9.17, 15) is 21.6 Å². The summed E-state index contributed by atoms with van der Waals surface area (Å²) in [5.74, 6) is -0.0360. The zero-order valence-corrected chi connectivity index (χ0v) is 18.9. The van der Waals surface area contributed by atoms with Crippen LogP contribution in [-0.2, 0) is 9.84 Å². The molecule has 0 N–H and O–H groups in total. The molecule has 1 aromatic carbocycles. The van der Waals surface area contributed by atoms with Crippen LogP contribution in [0.2, 0.25) is 0 Å². The predicted molar refractivity (Wildman–Crippen MR) is 114 cm³/mol. The number of hydrogen-bond acceptors (Lipinski definition) is 3. The largest absolute Gasteiger partial charge is 0.300 e. The lowest BCUT2D eigenvalue weighted by atomic mass is 10.1. The number of rotatable bonds is 4. The van der Waals surface area contributed by atoms with E-state index in [2.05, 4.69) is 11.6 Å². The standard InChI is InChI=1S/C16H19FN2O2S.C3H6.2CH3F/c1-11(2)9-12(3)16-18-15(17)10-19(16)13-5-7-14(8-6-13)22(4,20)21;1-3-2;2*1-2/h5-10,12H,1-4H3;3H,1H2,2H3;2*1H3. The number of aromatic nitrogens is 2. The van der Waals surface area contributed by atoms with Gasteiger partial charge in [-0.15, -0.1) is 6.58 Å². The van der Waals surface area contributed by atoms with Gasteiger partial charge in [0.2, 0.25) is 5.95 Å². The zero-order valence-electron chi connectivity index (χ0n) is 18.1. The Kier molecular flexibility index (Phi) is 14.5. The van der Waals surface area contributed by atoms with Crippen LogP contribution in [0, 0.1) is 5.95 Å². The average molecular weight is 433 g/mol. The fraction of sp³-hybridized carbons (Fsp3) is 0.381. The molecule has 1 atom stereocenters. The van der Waals surface area contributed by atoms with Gasteiger partial charge in [0.25, 0.3) is 0 Å². The summed E-state index contributed by atoms with van der Waals surface area (Å²) in [6, 6.07) is 6.32. The van der Waals surface area contributed by atoms with Gasteiger partial charge in [-0.1, -0.05) is 24.6 Å². The van der Waals surface area contributed by atoms with E-state index in [1.807, 2.05) is 33.8 Å². The van der Waals surface area contributed by atoms with Gasteiger partial charge < -0.3 is 4.57 Å². The smallest absolute Gasteiger partial charge is 0.231 e. The van der Waals surface area contributed by atoms with Crippen molar-refractivity contribution in [3.05, 3.63) is 66.5 Å². The molecule has 0 radical (unpaired) electrons. The molecule has 1 aromatic heterocycles. The fourth-order valence-electron chi connectivity index (χ4n) is 2.32. The molecule has 0 bridgehead atoms. The van der Waals surface area contributed by atoms with Gasteiger partial charge in [0.15, 0.2) is 9.84 Å². The molecular formula is C21H31F3N2O2S. The van der Waals surface area contributed by atoms with Gasteiger partial charge in [-0.3, -0.25) is 8.78 Å². The van der Waals surface area contributed by atoms with Crippen LogP contribution in [0.3, 0.4) is 0 Å². The lowest BCUT2D eigenvalue weighted by Crippen LogP contribution is -2.04. The Balaban J connectivity index is 0. The molecule has 29 heavy (non-hydrogen) atoms. The molecule has 0 aliphatic rings. The van der Waals surface area contributed by atoms with E-state index in [0.29, 0.717) is 25.9 Å². The highest BCUT2D eigenvalue weighted by atomic mass is 32.2. The third kappa shape index (κ3) is 10.1.